The number of hydrogen-bond donors (Lipinski definition) is 1. The number of rotatable bonds is 11. The number of amides is 1. The van der Waals surface area contributed by atoms with Gasteiger partial charge in [0, 0.05) is 25.2 Å². The van der Waals surface area contributed by atoms with Gasteiger partial charge in [0.05, 0.1) is 50.8 Å². The first-order valence-corrected chi connectivity index (χ1v) is 16.0. The van der Waals surface area contributed by atoms with Crippen LogP contribution in [0.4, 0.5) is 5.69 Å². The number of benzene rings is 4. The highest BCUT2D eigenvalue weighted by Crippen LogP contribution is 2.38. The zero-order chi connectivity index (χ0) is 35.5. The van der Waals surface area contributed by atoms with E-state index < -0.39 is 5.91 Å². The summed E-state index contributed by atoms with van der Waals surface area (Å²) in [7, 11) is 6.27. The Labute approximate surface area is 292 Å². The first-order valence-electron chi connectivity index (χ1n) is 16.0. The number of ether oxygens (including phenoxy) is 4. The molecule has 1 amide bonds. The molecule has 4 aromatic carbocycles. The van der Waals surface area contributed by atoms with Gasteiger partial charge in [0.15, 0.2) is 34.2 Å². The van der Waals surface area contributed by atoms with E-state index >= 15 is 0 Å². The highest BCUT2D eigenvalue weighted by atomic mass is 16.5. The summed E-state index contributed by atoms with van der Waals surface area (Å²) in [4.78, 5) is 29.7. The fraction of sp³-hybridized carbons (Fsp3) is 0.184. The molecule has 0 bridgehead atoms. The van der Waals surface area contributed by atoms with Crippen LogP contribution in [-0.4, -0.2) is 66.0 Å². The maximum atomic E-state index is 13.4. The summed E-state index contributed by atoms with van der Waals surface area (Å²) in [6.45, 7) is 1.59. The second-order valence-electron chi connectivity index (χ2n) is 11.7. The zero-order valence-electron chi connectivity index (χ0n) is 28.4. The molecular formula is C38H34N6O7. The normalized spacial score (nSPS) is 12.0. The number of nitrogens with one attached hydrogen (secondary N) is 1. The molecule has 0 aliphatic carbocycles. The van der Waals surface area contributed by atoms with E-state index in [2.05, 4.69) is 37.9 Å². The summed E-state index contributed by atoms with van der Waals surface area (Å²) in [6, 6.07) is 23.1. The second-order valence-corrected chi connectivity index (χ2v) is 11.7. The molecule has 0 radical (unpaired) electrons. The monoisotopic (exact) mass is 686 g/mol. The molecule has 0 spiro atoms. The van der Waals surface area contributed by atoms with Gasteiger partial charge in [0.2, 0.25) is 5.82 Å². The number of carbonyl (C=O) groups excluding carboxylic acids is 1. The molecule has 258 valence electrons. The van der Waals surface area contributed by atoms with Crippen molar-refractivity contribution in [3.63, 3.8) is 0 Å². The summed E-state index contributed by atoms with van der Waals surface area (Å²) < 4.78 is 27.7. The Bertz CT molecular complexity index is 2330. The number of hydrogen-bond acceptors (Lipinski definition) is 11. The average molecular weight is 687 g/mol. The third-order valence-electron chi connectivity index (χ3n) is 8.62. The number of methoxy groups -OCH3 is 4. The van der Waals surface area contributed by atoms with E-state index in [9.17, 15) is 9.59 Å². The van der Waals surface area contributed by atoms with Crippen LogP contribution in [0.25, 0.3) is 34.1 Å². The largest absolute Gasteiger partial charge is 0.493 e. The average Bonchev–Trinajstić information content (AvgIpc) is 3.66. The zero-order valence-corrected chi connectivity index (χ0v) is 28.4. The van der Waals surface area contributed by atoms with Crippen molar-refractivity contribution in [2.45, 2.75) is 13.0 Å². The molecule has 0 fully saturated rings. The Morgan fingerprint density at radius 3 is 2.33 bits per heavy atom. The van der Waals surface area contributed by atoms with E-state index in [1.54, 1.807) is 50.6 Å². The minimum atomic E-state index is -0.640. The van der Waals surface area contributed by atoms with Gasteiger partial charge in [0.1, 0.15) is 5.58 Å². The summed E-state index contributed by atoms with van der Waals surface area (Å²) in [5.41, 5.74) is 4.83. The van der Waals surface area contributed by atoms with E-state index in [-0.39, 0.29) is 17.0 Å². The lowest BCUT2D eigenvalue weighted by Gasteiger charge is -2.26. The molecule has 0 saturated carbocycles. The fourth-order valence-corrected chi connectivity index (χ4v) is 5.91. The van der Waals surface area contributed by atoms with E-state index in [1.165, 1.54) is 24.6 Å². The van der Waals surface area contributed by atoms with Crippen LogP contribution in [0.5, 0.6) is 23.0 Å². The number of anilines is 1. The third-order valence-corrected chi connectivity index (χ3v) is 8.62. The highest BCUT2D eigenvalue weighted by molar-refractivity contribution is 6.05. The number of aromatic nitrogens is 4. The van der Waals surface area contributed by atoms with Crippen molar-refractivity contribution < 1.29 is 28.2 Å². The van der Waals surface area contributed by atoms with E-state index in [0.717, 1.165) is 42.5 Å². The van der Waals surface area contributed by atoms with Crippen LogP contribution in [0, 0.1) is 0 Å². The summed E-state index contributed by atoms with van der Waals surface area (Å²) >= 11 is 0. The minimum Gasteiger partial charge on any atom is -0.493 e. The maximum absolute atomic E-state index is 13.4. The van der Waals surface area contributed by atoms with Gasteiger partial charge in [-0.15, -0.1) is 15.0 Å². The van der Waals surface area contributed by atoms with Crippen LogP contribution in [0.2, 0.25) is 0 Å². The Hall–Kier alpha value is -6.63. The summed E-state index contributed by atoms with van der Waals surface area (Å²) in [5, 5.41) is 16.4. The molecule has 0 saturated heterocycles. The smallest absolute Gasteiger partial charge is 0.291 e. The fourth-order valence-electron chi connectivity index (χ4n) is 5.91. The quantitative estimate of drug-likeness (QED) is 0.178. The van der Waals surface area contributed by atoms with E-state index in [4.69, 9.17) is 23.4 Å². The SMILES string of the molecule is COc1cc2c(cc1OC)CN(CCc1ccc(-n3nnc(-c4cc(OC)c(OC)cc4NC(=O)c4cc(=O)c5ccccc5o4)n3)cc1)C=C2. The van der Waals surface area contributed by atoms with Gasteiger partial charge >= 0.3 is 0 Å². The topological polar surface area (TPSA) is 143 Å². The lowest BCUT2D eigenvalue weighted by atomic mass is 10.0. The predicted octanol–water partition coefficient (Wildman–Crippen LogP) is 5.75. The molecule has 0 unspecified atom stereocenters. The Morgan fingerprint density at radius 1 is 0.863 bits per heavy atom. The first-order chi connectivity index (χ1) is 24.9. The van der Waals surface area contributed by atoms with Gasteiger partial charge in [-0.3, -0.25) is 9.59 Å². The van der Waals surface area contributed by atoms with Crippen LogP contribution in [0.15, 0.2) is 94.3 Å². The van der Waals surface area contributed by atoms with Crippen molar-refractivity contribution in [1.29, 1.82) is 0 Å². The van der Waals surface area contributed by atoms with Gasteiger partial charge in [-0.25, -0.2) is 0 Å². The standard InChI is InChI=1S/C38H34N6O7/c1-47-32-17-24-14-16-43(22-25(24)18-33(32)48-2)15-13-23-9-11-26(12-10-23)44-41-37(40-42-44)28-19-34(49-3)35(50-4)20-29(28)39-38(46)36-21-30(45)27-7-5-6-8-31(27)51-36/h5-12,14,16-21H,13,15,22H2,1-4H3,(H,39,46). The van der Waals surface area contributed by atoms with Gasteiger partial charge in [0.25, 0.3) is 5.91 Å². The van der Waals surface area contributed by atoms with Crippen molar-refractivity contribution in [2.75, 3.05) is 40.3 Å². The molecule has 1 aliphatic heterocycles. The second kappa shape index (κ2) is 14.1. The maximum Gasteiger partial charge on any atom is 0.291 e. The molecule has 13 nitrogen and oxygen atoms in total. The molecule has 13 heteroatoms. The molecule has 3 heterocycles. The molecule has 2 aromatic heterocycles. The molecule has 1 aliphatic rings. The van der Waals surface area contributed by atoms with E-state index in [1.807, 2.05) is 36.4 Å². The Kier molecular flexibility index (Phi) is 9.08. The highest BCUT2D eigenvalue weighted by Gasteiger charge is 2.21. The molecule has 51 heavy (non-hydrogen) atoms. The van der Waals surface area contributed by atoms with Crippen molar-refractivity contribution in [3.05, 3.63) is 118 Å². The van der Waals surface area contributed by atoms with Crippen LogP contribution >= 0.6 is 0 Å². The van der Waals surface area contributed by atoms with Crippen molar-refractivity contribution >= 4 is 28.6 Å². The van der Waals surface area contributed by atoms with Crippen LogP contribution < -0.4 is 29.7 Å². The molecule has 6 aromatic rings. The van der Waals surface area contributed by atoms with Gasteiger partial charge < -0.3 is 33.6 Å². The first kappa shape index (κ1) is 32.9. The number of nitrogens with zero attached hydrogens (tertiary/aromatic N) is 5. The number of carbonyl (C=O) groups is 1. The number of fused-ring (bicyclic) bond motifs is 2. The third kappa shape index (κ3) is 6.69. The minimum absolute atomic E-state index is 0.154. The number of para-hydroxylation sites is 1. The van der Waals surface area contributed by atoms with Gasteiger partial charge in [-0.05, 0) is 83.1 Å². The van der Waals surface area contributed by atoms with Crippen molar-refractivity contribution in [2.24, 2.45) is 0 Å². The lowest BCUT2D eigenvalue weighted by molar-refractivity contribution is 0.0997. The lowest BCUT2D eigenvalue weighted by Crippen LogP contribution is -2.22. The molecule has 0 atom stereocenters. The molecule has 1 N–H and O–H groups in total. The molecule has 7 rings (SSSR count). The number of tetrazole rings is 1. The van der Waals surface area contributed by atoms with Crippen LogP contribution in [0.3, 0.4) is 0 Å². The van der Waals surface area contributed by atoms with Crippen LogP contribution in [0.1, 0.15) is 27.2 Å². The Balaban J connectivity index is 1.08. The van der Waals surface area contributed by atoms with Gasteiger partial charge in [-0.2, -0.15) is 0 Å². The summed E-state index contributed by atoms with van der Waals surface area (Å²) in [6.07, 6.45) is 5.02. The molecular weight excluding hydrogens is 652 g/mol. The predicted molar refractivity (Wildman–Crippen MR) is 191 cm³/mol. The van der Waals surface area contributed by atoms with Crippen molar-refractivity contribution in [3.8, 4) is 40.1 Å². The van der Waals surface area contributed by atoms with Crippen molar-refractivity contribution in [1.82, 2.24) is 25.1 Å². The summed E-state index contributed by atoms with van der Waals surface area (Å²) in [5.74, 6) is 1.62. The van der Waals surface area contributed by atoms with E-state index in [0.29, 0.717) is 45.2 Å². The van der Waals surface area contributed by atoms with Crippen LogP contribution in [-0.2, 0) is 13.0 Å². The Morgan fingerprint density at radius 2 is 1.57 bits per heavy atom. The van der Waals surface area contributed by atoms with Gasteiger partial charge in [-0.1, -0.05) is 24.3 Å².